The first-order valence-corrected chi connectivity index (χ1v) is 15.9. The first-order valence-electron chi connectivity index (χ1n) is 15.5. The number of carbonyl (C=O) groups excluding carboxylic acids is 1. The van der Waals surface area contributed by atoms with E-state index in [-0.39, 0.29) is 11.9 Å². The van der Waals surface area contributed by atoms with Crippen molar-refractivity contribution in [3.05, 3.63) is 106 Å². The zero-order chi connectivity index (χ0) is 32.0. The molecule has 2 aliphatic heterocycles. The topological polar surface area (TPSA) is 83.6 Å². The van der Waals surface area contributed by atoms with Gasteiger partial charge in [-0.25, -0.2) is 19.2 Å². The van der Waals surface area contributed by atoms with Gasteiger partial charge >= 0.3 is 5.97 Å². The van der Waals surface area contributed by atoms with E-state index in [4.69, 9.17) is 30.8 Å². The Balaban J connectivity index is 1.11. The van der Waals surface area contributed by atoms with Crippen LogP contribution in [0.5, 0.6) is 11.5 Å². The number of fused-ring (bicyclic) bond motifs is 2. The molecule has 1 saturated heterocycles. The first kappa shape index (κ1) is 30.3. The van der Waals surface area contributed by atoms with Crippen molar-refractivity contribution >= 4 is 28.6 Å². The molecule has 238 valence electrons. The third-order valence-electron chi connectivity index (χ3n) is 9.13. The fourth-order valence-corrected chi connectivity index (χ4v) is 6.84. The lowest BCUT2D eigenvalue weighted by atomic mass is 9.88. The molecule has 3 aromatic carbocycles. The van der Waals surface area contributed by atoms with Gasteiger partial charge in [0, 0.05) is 30.3 Å². The number of rotatable bonds is 8. The molecule has 46 heavy (non-hydrogen) atoms. The predicted molar refractivity (Wildman–Crippen MR) is 172 cm³/mol. The van der Waals surface area contributed by atoms with E-state index in [1.807, 2.05) is 36.8 Å². The highest BCUT2D eigenvalue weighted by molar-refractivity contribution is 6.30. The molecule has 2 aromatic heterocycles. The standard InChI is InChI=1S/C35H35ClFN5O4/c1-4-41-21-38-18-25(41)19-42-30-16-23(34(43)44-3)8-11-29(30)39-32(42)20-40-14-12-22(13-15-40)26-6-5-7-31-33(26)46-35(2,45-31)27-10-9-24(36)17-28(27)37/h5-11,16-18,21-22H,4,12-15,19-20H2,1-3H3. The fraction of sp³-hybridized carbons (Fsp3) is 0.343. The Morgan fingerprint density at radius 3 is 2.70 bits per heavy atom. The zero-order valence-electron chi connectivity index (χ0n) is 26.0. The van der Waals surface area contributed by atoms with Crippen LogP contribution in [0.25, 0.3) is 11.0 Å². The van der Waals surface area contributed by atoms with E-state index in [2.05, 4.69) is 32.0 Å². The van der Waals surface area contributed by atoms with Gasteiger partial charge < -0.3 is 23.3 Å². The Morgan fingerprint density at radius 2 is 1.93 bits per heavy atom. The number of piperidine rings is 1. The van der Waals surface area contributed by atoms with E-state index in [0.29, 0.717) is 40.7 Å². The van der Waals surface area contributed by atoms with Crippen LogP contribution in [0.1, 0.15) is 65.6 Å². The number of halogens is 2. The largest absolute Gasteiger partial charge is 0.465 e. The summed E-state index contributed by atoms with van der Waals surface area (Å²) in [4.78, 5) is 24.1. The molecule has 2 aliphatic rings. The molecule has 0 amide bonds. The van der Waals surface area contributed by atoms with Crippen LogP contribution < -0.4 is 9.47 Å². The highest BCUT2D eigenvalue weighted by atomic mass is 35.5. The number of methoxy groups -OCH3 is 1. The van der Waals surface area contributed by atoms with Crippen molar-refractivity contribution in [2.45, 2.75) is 58.0 Å². The van der Waals surface area contributed by atoms with E-state index in [1.54, 1.807) is 25.1 Å². The summed E-state index contributed by atoms with van der Waals surface area (Å²) in [7, 11) is 1.39. The second kappa shape index (κ2) is 12.1. The average molecular weight is 644 g/mol. The molecule has 0 aliphatic carbocycles. The van der Waals surface area contributed by atoms with Crippen LogP contribution in [-0.4, -0.2) is 50.2 Å². The van der Waals surface area contributed by atoms with Gasteiger partial charge in [-0.15, -0.1) is 0 Å². The van der Waals surface area contributed by atoms with Crippen LogP contribution in [-0.2, 0) is 30.2 Å². The molecular formula is C35H35ClFN5O4. The molecule has 0 N–H and O–H groups in total. The average Bonchev–Trinajstić information content (AvgIpc) is 3.75. The van der Waals surface area contributed by atoms with Crippen LogP contribution in [0.2, 0.25) is 5.02 Å². The molecule has 1 unspecified atom stereocenters. The number of aromatic nitrogens is 4. The highest BCUT2D eigenvalue weighted by Gasteiger charge is 2.43. The summed E-state index contributed by atoms with van der Waals surface area (Å²) in [5.74, 6) is 0.344. The Kier molecular flexibility index (Phi) is 7.94. The number of carbonyl (C=O) groups is 1. The minimum atomic E-state index is -1.28. The maximum Gasteiger partial charge on any atom is 0.337 e. The van der Waals surface area contributed by atoms with Crippen molar-refractivity contribution in [1.29, 1.82) is 0 Å². The number of esters is 1. The molecule has 7 rings (SSSR count). The summed E-state index contributed by atoms with van der Waals surface area (Å²) < 4.78 is 36.7. The summed E-state index contributed by atoms with van der Waals surface area (Å²) in [5, 5.41) is 0.321. The number of hydrogen-bond donors (Lipinski definition) is 0. The lowest BCUT2D eigenvalue weighted by molar-refractivity contribution is -0.0712. The van der Waals surface area contributed by atoms with Crippen molar-refractivity contribution in [3.63, 3.8) is 0 Å². The summed E-state index contributed by atoms with van der Waals surface area (Å²) in [6.45, 7) is 7.61. The molecule has 9 nitrogen and oxygen atoms in total. The van der Waals surface area contributed by atoms with Crippen LogP contribution in [0.4, 0.5) is 4.39 Å². The number of ether oxygens (including phenoxy) is 3. The quantitative estimate of drug-likeness (QED) is 0.170. The second-order valence-corrected chi connectivity index (χ2v) is 12.4. The number of hydrogen-bond acceptors (Lipinski definition) is 7. The summed E-state index contributed by atoms with van der Waals surface area (Å²) in [5.41, 5.74) is 4.65. The van der Waals surface area contributed by atoms with Gasteiger partial charge in [0.1, 0.15) is 11.6 Å². The minimum absolute atomic E-state index is 0.257. The maximum absolute atomic E-state index is 14.9. The monoisotopic (exact) mass is 643 g/mol. The van der Waals surface area contributed by atoms with Gasteiger partial charge in [-0.05, 0) is 81.2 Å². The molecule has 4 heterocycles. The van der Waals surface area contributed by atoms with Crippen molar-refractivity contribution in [2.24, 2.45) is 0 Å². The van der Waals surface area contributed by atoms with Gasteiger partial charge in [0.25, 0.3) is 5.79 Å². The molecule has 0 radical (unpaired) electrons. The van der Waals surface area contributed by atoms with E-state index in [1.165, 1.54) is 13.2 Å². The number of aryl methyl sites for hydroxylation is 1. The zero-order valence-corrected chi connectivity index (χ0v) is 26.8. The fourth-order valence-electron chi connectivity index (χ4n) is 6.68. The van der Waals surface area contributed by atoms with Gasteiger partial charge in [-0.3, -0.25) is 4.90 Å². The van der Waals surface area contributed by atoms with Crippen molar-refractivity contribution in [1.82, 2.24) is 24.0 Å². The molecule has 11 heteroatoms. The Hall–Kier alpha value is -4.41. The van der Waals surface area contributed by atoms with Crippen LogP contribution in [0.15, 0.2) is 67.1 Å². The molecule has 0 spiro atoms. The smallest absolute Gasteiger partial charge is 0.337 e. The summed E-state index contributed by atoms with van der Waals surface area (Å²) in [6.07, 6.45) is 5.55. The second-order valence-electron chi connectivity index (χ2n) is 12.0. The first-order chi connectivity index (χ1) is 22.3. The Bertz CT molecular complexity index is 1930. The number of benzene rings is 3. The van der Waals surface area contributed by atoms with E-state index in [9.17, 15) is 9.18 Å². The Morgan fingerprint density at radius 1 is 1.11 bits per heavy atom. The van der Waals surface area contributed by atoms with E-state index < -0.39 is 11.6 Å². The molecule has 0 bridgehead atoms. The molecule has 1 atom stereocenters. The molecule has 5 aromatic rings. The highest BCUT2D eigenvalue weighted by Crippen LogP contribution is 2.49. The van der Waals surface area contributed by atoms with Crippen molar-refractivity contribution in [2.75, 3.05) is 20.2 Å². The number of likely N-dealkylation sites (tertiary alicyclic amines) is 1. The summed E-state index contributed by atoms with van der Waals surface area (Å²) in [6, 6.07) is 16.0. The van der Waals surface area contributed by atoms with Gasteiger partial charge in [0.15, 0.2) is 11.5 Å². The van der Waals surface area contributed by atoms with Gasteiger partial charge in [-0.2, -0.15) is 0 Å². The van der Waals surface area contributed by atoms with Gasteiger partial charge in [-0.1, -0.05) is 23.7 Å². The minimum Gasteiger partial charge on any atom is -0.465 e. The van der Waals surface area contributed by atoms with E-state index in [0.717, 1.165) is 60.6 Å². The van der Waals surface area contributed by atoms with Crippen LogP contribution in [0, 0.1) is 5.82 Å². The van der Waals surface area contributed by atoms with E-state index >= 15 is 0 Å². The molecule has 1 fully saturated rings. The van der Waals surface area contributed by atoms with Crippen molar-refractivity contribution in [3.8, 4) is 11.5 Å². The third kappa shape index (κ3) is 5.49. The number of imidazole rings is 2. The SMILES string of the molecule is CCn1cncc1Cn1c(CN2CCC(c3cccc4c3OC(C)(c3ccc(Cl)cc3F)O4)CC2)nc2ccc(C(=O)OC)cc21. The van der Waals surface area contributed by atoms with Crippen LogP contribution in [0.3, 0.4) is 0 Å². The number of para-hydroxylation sites is 1. The van der Waals surface area contributed by atoms with Crippen LogP contribution >= 0.6 is 11.6 Å². The molecular weight excluding hydrogens is 609 g/mol. The van der Waals surface area contributed by atoms with Crippen molar-refractivity contribution < 1.29 is 23.4 Å². The molecule has 0 saturated carbocycles. The lowest BCUT2D eigenvalue weighted by Gasteiger charge is -2.32. The Labute approximate surface area is 271 Å². The maximum atomic E-state index is 14.9. The summed E-state index contributed by atoms with van der Waals surface area (Å²) >= 11 is 5.99. The predicted octanol–water partition coefficient (Wildman–Crippen LogP) is 6.90. The number of nitrogens with zero attached hydrogens (tertiary/aromatic N) is 5. The van der Waals surface area contributed by atoms with Gasteiger partial charge in [0.05, 0.1) is 54.4 Å². The van der Waals surface area contributed by atoms with Gasteiger partial charge in [0.2, 0.25) is 0 Å². The third-order valence-corrected chi connectivity index (χ3v) is 9.37. The lowest BCUT2D eigenvalue weighted by Crippen LogP contribution is -2.34. The normalized spacial score (nSPS) is 18.4.